The molecule has 2 heterocycles. The van der Waals surface area contributed by atoms with Gasteiger partial charge in [-0.15, -0.1) is 0 Å². The molecular weight excluding hydrogens is 244 g/mol. The van der Waals surface area contributed by atoms with Crippen LogP contribution in [0.3, 0.4) is 0 Å². The van der Waals surface area contributed by atoms with Crippen LogP contribution in [0.5, 0.6) is 0 Å². The monoisotopic (exact) mass is 268 g/mol. The van der Waals surface area contributed by atoms with E-state index < -0.39 is 0 Å². The molecule has 0 radical (unpaired) electrons. The van der Waals surface area contributed by atoms with Crippen molar-refractivity contribution in [2.45, 2.75) is 52.2 Å². The second-order valence-electron chi connectivity index (χ2n) is 6.61. The Kier molecular flexibility index (Phi) is 4.13. The highest BCUT2D eigenvalue weighted by molar-refractivity contribution is 5.90. The summed E-state index contributed by atoms with van der Waals surface area (Å²) < 4.78 is 5.78. The minimum absolute atomic E-state index is 0.0306. The molecule has 3 atom stereocenters. The van der Waals surface area contributed by atoms with E-state index in [-0.39, 0.29) is 29.4 Å². The Hall–Kier alpha value is -1.10. The average molecular weight is 268 g/mol. The van der Waals surface area contributed by atoms with Gasteiger partial charge in [-0.1, -0.05) is 20.8 Å². The Morgan fingerprint density at radius 1 is 1.42 bits per heavy atom. The quantitative estimate of drug-likeness (QED) is 0.797. The predicted molar refractivity (Wildman–Crippen MR) is 71.5 cm³/mol. The van der Waals surface area contributed by atoms with E-state index in [0.717, 1.165) is 13.0 Å². The molecule has 2 fully saturated rings. The molecule has 0 spiro atoms. The lowest BCUT2D eigenvalue weighted by molar-refractivity contribution is -0.126. The highest BCUT2D eigenvalue weighted by atomic mass is 16.5. The third-order valence-corrected chi connectivity index (χ3v) is 3.92. The second kappa shape index (κ2) is 5.49. The van der Waals surface area contributed by atoms with Crippen LogP contribution in [0, 0.1) is 11.3 Å². The topological polar surface area (TPSA) is 67.4 Å². The molecule has 5 heteroatoms. The number of rotatable bonds is 3. The maximum absolute atomic E-state index is 11.9. The zero-order chi connectivity index (χ0) is 14.0. The van der Waals surface area contributed by atoms with Crippen LogP contribution in [0.4, 0.5) is 0 Å². The van der Waals surface area contributed by atoms with Crippen molar-refractivity contribution in [1.82, 2.24) is 10.6 Å². The maximum atomic E-state index is 11.9. The number of ether oxygens (including phenoxy) is 1. The van der Waals surface area contributed by atoms with E-state index in [1.165, 1.54) is 0 Å². The second-order valence-corrected chi connectivity index (χ2v) is 6.61. The van der Waals surface area contributed by atoms with Crippen molar-refractivity contribution >= 4 is 11.8 Å². The number of carbonyl (C=O) groups is 2. The Labute approximate surface area is 114 Å². The first-order valence-electron chi connectivity index (χ1n) is 7.06. The van der Waals surface area contributed by atoms with Crippen LogP contribution in [0.1, 0.15) is 40.0 Å². The summed E-state index contributed by atoms with van der Waals surface area (Å²) in [5.41, 5.74) is 0.0907. The van der Waals surface area contributed by atoms with Gasteiger partial charge >= 0.3 is 0 Å². The van der Waals surface area contributed by atoms with Crippen molar-refractivity contribution in [3.63, 3.8) is 0 Å². The van der Waals surface area contributed by atoms with E-state index in [2.05, 4.69) is 31.4 Å². The summed E-state index contributed by atoms with van der Waals surface area (Å²) in [6, 6.07) is -0.345. The normalized spacial score (nSPS) is 31.3. The van der Waals surface area contributed by atoms with Gasteiger partial charge in [-0.3, -0.25) is 9.59 Å². The Morgan fingerprint density at radius 2 is 2.16 bits per heavy atom. The first-order chi connectivity index (χ1) is 8.88. The largest absolute Gasteiger partial charge is 0.377 e. The number of hydrogen-bond donors (Lipinski definition) is 2. The van der Waals surface area contributed by atoms with E-state index in [9.17, 15) is 9.59 Å². The molecule has 2 saturated heterocycles. The lowest BCUT2D eigenvalue weighted by atomic mass is 9.81. The van der Waals surface area contributed by atoms with Gasteiger partial charge in [-0.2, -0.15) is 0 Å². The number of carbonyl (C=O) groups excluding carboxylic acids is 2. The molecule has 108 valence electrons. The van der Waals surface area contributed by atoms with E-state index in [1.807, 2.05) is 0 Å². The van der Waals surface area contributed by atoms with Crippen molar-refractivity contribution in [2.24, 2.45) is 11.3 Å². The van der Waals surface area contributed by atoms with Gasteiger partial charge in [0.25, 0.3) is 0 Å². The number of amides is 2. The van der Waals surface area contributed by atoms with Crippen molar-refractivity contribution in [1.29, 1.82) is 0 Å². The van der Waals surface area contributed by atoms with Gasteiger partial charge in [0.15, 0.2) is 0 Å². The van der Waals surface area contributed by atoms with Gasteiger partial charge in [0.1, 0.15) is 6.04 Å². The van der Waals surface area contributed by atoms with Crippen LogP contribution in [0.25, 0.3) is 0 Å². The summed E-state index contributed by atoms with van der Waals surface area (Å²) in [5, 5.41) is 5.64. The molecule has 2 N–H and O–H groups in total. The molecule has 0 aliphatic carbocycles. The number of nitrogens with one attached hydrogen (secondary N) is 2. The van der Waals surface area contributed by atoms with Crippen molar-refractivity contribution in [3.05, 3.63) is 0 Å². The zero-order valence-electron chi connectivity index (χ0n) is 12.0. The lowest BCUT2D eigenvalue weighted by Gasteiger charge is -2.31. The SMILES string of the molecule is CC(C)(C)[C@H]1OCC[C@@H]1CNC(=O)[C@H]1CCC(=O)N1. The van der Waals surface area contributed by atoms with E-state index in [1.54, 1.807) is 0 Å². The van der Waals surface area contributed by atoms with Gasteiger partial charge in [-0.05, 0) is 18.3 Å². The van der Waals surface area contributed by atoms with Crippen molar-refractivity contribution < 1.29 is 14.3 Å². The summed E-state index contributed by atoms with van der Waals surface area (Å²) in [5.74, 6) is 0.267. The van der Waals surface area contributed by atoms with Crippen LogP contribution < -0.4 is 10.6 Å². The Morgan fingerprint density at radius 3 is 2.74 bits per heavy atom. The smallest absolute Gasteiger partial charge is 0.242 e. The van der Waals surface area contributed by atoms with Gasteiger partial charge in [0.2, 0.25) is 11.8 Å². The average Bonchev–Trinajstić information content (AvgIpc) is 2.93. The standard InChI is InChI=1S/C14H24N2O3/c1-14(2,3)12-9(6-7-19-12)8-15-13(18)10-4-5-11(17)16-10/h9-10,12H,4-8H2,1-3H3,(H,15,18)(H,16,17)/t9-,10-,12+/m1/s1. The third kappa shape index (κ3) is 3.47. The van der Waals surface area contributed by atoms with Gasteiger partial charge in [0, 0.05) is 25.5 Å². The van der Waals surface area contributed by atoms with Crippen LogP contribution >= 0.6 is 0 Å². The molecule has 0 aromatic carbocycles. The summed E-state index contributed by atoms with van der Waals surface area (Å²) >= 11 is 0. The predicted octanol–water partition coefficient (Wildman–Crippen LogP) is 0.832. The maximum Gasteiger partial charge on any atom is 0.242 e. The number of hydrogen-bond acceptors (Lipinski definition) is 3. The molecule has 2 aliphatic rings. The van der Waals surface area contributed by atoms with Crippen molar-refractivity contribution in [2.75, 3.05) is 13.2 Å². The summed E-state index contributed by atoms with van der Waals surface area (Å²) in [7, 11) is 0. The third-order valence-electron chi connectivity index (χ3n) is 3.92. The molecule has 0 bridgehead atoms. The Balaban J connectivity index is 1.81. The molecule has 2 amide bonds. The fourth-order valence-electron chi connectivity index (χ4n) is 2.97. The van der Waals surface area contributed by atoms with Crippen molar-refractivity contribution in [3.8, 4) is 0 Å². The summed E-state index contributed by atoms with van der Waals surface area (Å²) in [4.78, 5) is 23.0. The molecule has 0 saturated carbocycles. The van der Waals surface area contributed by atoms with Crippen LogP contribution in [0.2, 0.25) is 0 Å². The van der Waals surface area contributed by atoms with E-state index >= 15 is 0 Å². The van der Waals surface area contributed by atoms with Gasteiger partial charge in [0.05, 0.1) is 6.10 Å². The van der Waals surface area contributed by atoms with Crippen LogP contribution in [-0.4, -0.2) is 37.1 Å². The molecule has 0 aromatic rings. The van der Waals surface area contributed by atoms with E-state index in [0.29, 0.717) is 25.3 Å². The summed E-state index contributed by atoms with van der Waals surface area (Å²) in [6.07, 6.45) is 2.23. The molecule has 2 rings (SSSR count). The molecule has 5 nitrogen and oxygen atoms in total. The highest BCUT2D eigenvalue weighted by Crippen LogP contribution is 2.34. The first-order valence-corrected chi connectivity index (χ1v) is 7.06. The minimum atomic E-state index is -0.345. The zero-order valence-corrected chi connectivity index (χ0v) is 12.0. The summed E-state index contributed by atoms with van der Waals surface area (Å²) in [6.45, 7) is 7.88. The molecule has 19 heavy (non-hydrogen) atoms. The van der Waals surface area contributed by atoms with Gasteiger partial charge in [-0.25, -0.2) is 0 Å². The van der Waals surface area contributed by atoms with Gasteiger partial charge < -0.3 is 15.4 Å². The molecule has 0 aromatic heterocycles. The first kappa shape index (κ1) is 14.3. The lowest BCUT2D eigenvalue weighted by Crippen LogP contribution is -2.45. The van der Waals surface area contributed by atoms with Crippen LogP contribution in [-0.2, 0) is 14.3 Å². The fourth-order valence-corrected chi connectivity index (χ4v) is 2.97. The Bertz CT molecular complexity index is 362. The molecule has 0 unspecified atom stereocenters. The highest BCUT2D eigenvalue weighted by Gasteiger charge is 2.37. The molecular formula is C14H24N2O3. The fraction of sp³-hybridized carbons (Fsp3) is 0.857. The minimum Gasteiger partial charge on any atom is -0.377 e. The van der Waals surface area contributed by atoms with Crippen LogP contribution in [0.15, 0.2) is 0 Å². The van der Waals surface area contributed by atoms with E-state index in [4.69, 9.17) is 4.74 Å². The molecule has 2 aliphatic heterocycles.